The first-order chi connectivity index (χ1) is 10.2. The summed E-state index contributed by atoms with van der Waals surface area (Å²) < 4.78 is 7.11. The first-order valence-corrected chi connectivity index (χ1v) is 7.56. The van der Waals surface area contributed by atoms with E-state index < -0.39 is 0 Å². The molecule has 2 nitrogen and oxygen atoms in total. The maximum absolute atomic E-state index is 6.06. The molecule has 0 unspecified atom stereocenters. The van der Waals surface area contributed by atoms with Crippen LogP contribution in [-0.4, -0.2) is 4.98 Å². The fourth-order valence-corrected chi connectivity index (χ4v) is 3.03. The average Bonchev–Trinajstić information content (AvgIpc) is 2.85. The normalized spacial score (nSPS) is 11.3. The molecule has 0 saturated heterocycles. The van der Waals surface area contributed by atoms with Gasteiger partial charge in [0.15, 0.2) is 5.58 Å². The Bertz CT molecular complexity index is 957. The number of furan rings is 1. The molecule has 0 N–H and O–H groups in total. The highest BCUT2D eigenvalue weighted by atomic mass is 79.9. The molecule has 0 fully saturated rings. The van der Waals surface area contributed by atoms with E-state index in [2.05, 4.69) is 45.2 Å². The van der Waals surface area contributed by atoms with Crippen molar-refractivity contribution in [3.05, 3.63) is 64.8 Å². The van der Waals surface area contributed by atoms with Crippen LogP contribution in [0.3, 0.4) is 0 Å². The maximum atomic E-state index is 6.06. The van der Waals surface area contributed by atoms with Crippen molar-refractivity contribution in [3.63, 3.8) is 0 Å². The van der Waals surface area contributed by atoms with Gasteiger partial charge in [0.25, 0.3) is 0 Å². The van der Waals surface area contributed by atoms with Crippen molar-refractivity contribution >= 4 is 37.9 Å². The predicted molar refractivity (Wildman–Crippen MR) is 89.4 cm³/mol. The lowest BCUT2D eigenvalue weighted by Gasteiger charge is -2.03. The van der Waals surface area contributed by atoms with E-state index >= 15 is 0 Å². The Hall–Kier alpha value is -2.13. The molecule has 0 aliphatic rings. The van der Waals surface area contributed by atoms with Crippen LogP contribution in [0.2, 0.25) is 0 Å². The summed E-state index contributed by atoms with van der Waals surface area (Å²) in [6.07, 6.45) is 0. The molecule has 4 aromatic rings. The van der Waals surface area contributed by atoms with Crippen molar-refractivity contribution in [2.24, 2.45) is 0 Å². The molecule has 0 saturated carbocycles. The third kappa shape index (κ3) is 2.05. The Morgan fingerprint density at radius 3 is 2.57 bits per heavy atom. The molecule has 0 aliphatic heterocycles. The lowest BCUT2D eigenvalue weighted by molar-refractivity contribution is 0.668. The minimum absolute atomic E-state index is 0.847. The van der Waals surface area contributed by atoms with Crippen LogP contribution >= 0.6 is 15.9 Å². The van der Waals surface area contributed by atoms with Gasteiger partial charge in [-0.2, -0.15) is 0 Å². The zero-order valence-electron chi connectivity index (χ0n) is 11.4. The van der Waals surface area contributed by atoms with E-state index in [9.17, 15) is 0 Å². The van der Waals surface area contributed by atoms with Crippen LogP contribution < -0.4 is 0 Å². The van der Waals surface area contributed by atoms with Gasteiger partial charge < -0.3 is 4.42 Å². The molecule has 0 radical (unpaired) electrons. The van der Waals surface area contributed by atoms with Crippen molar-refractivity contribution in [2.45, 2.75) is 6.92 Å². The topological polar surface area (TPSA) is 26.0 Å². The Morgan fingerprint density at radius 1 is 0.952 bits per heavy atom. The Kier molecular flexibility index (Phi) is 2.82. The molecule has 3 heteroatoms. The van der Waals surface area contributed by atoms with E-state index in [1.807, 2.05) is 37.3 Å². The number of fused-ring (bicyclic) bond motifs is 3. The largest absolute Gasteiger partial charge is 0.454 e. The molecular formula is C18H12BrNO. The number of hydrogen-bond donors (Lipinski definition) is 0. The number of halogens is 1. The minimum atomic E-state index is 0.847. The fraction of sp³-hybridized carbons (Fsp3) is 0.0556. The van der Waals surface area contributed by atoms with Crippen molar-refractivity contribution in [1.29, 1.82) is 0 Å². The lowest BCUT2D eigenvalue weighted by Crippen LogP contribution is -1.87. The summed E-state index contributed by atoms with van der Waals surface area (Å²) in [5.41, 5.74) is 4.70. The van der Waals surface area contributed by atoms with Gasteiger partial charge in [0.2, 0.25) is 0 Å². The molecule has 2 aromatic carbocycles. The molecule has 0 spiro atoms. The van der Waals surface area contributed by atoms with Crippen LogP contribution in [0.25, 0.3) is 33.2 Å². The van der Waals surface area contributed by atoms with E-state index in [0.29, 0.717) is 0 Å². The summed E-state index contributed by atoms with van der Waals surface area (Å²) in [5, 5.41) is 2.22. The molecule has 0 amide bonds. The smallest absolute Gasteiger partial charge is 0.161 e. The van der Waals surface area contributed by atoms with Crippen LogP contribution in [-0.2, 0) is 0 Å². The summed E-state index contributed by atoms with van der Waals surface area (Å²) in [5.74, 6) is 0. The number of hydrogen-bond acceptors (Lipinski definition) is 2. The van der Waals surface area contributed by atoms with Crippen LogP contribution in [0.4, 0.5) is 0 Å². The van der Waals surface area contributed by atoms with Crippen LogP contribution in [0.1, 0.15) is 5.69 Å². The van der Waals surface area contributed by atoms with Crippen LogP contribution in [0, 0.1) is 6.92 Å². The second-order valence-corrected chi connectivity index (χ2v) is 6.01. The summed E-state index contributed by atoms with van der Waals surface area (Å²) in [7, 11) is 0. The molecule has 0 atom stereocenters. The number of benzene rings is 2. The summed E-state index contributed by atoms with van der Waals surface area (Å²) in [6.45, 7) is 2.02. The Labute approximate surface area is 130 Å². The van der Waals surface area contributed by atoms with Gasteiger partial charge in [0.1, 0.15) is 11.3 Å². The number of aromatic nitrogens is 1. The van der Waals surface area contributed by atoms with Crippen molar-refractivity contribution < 1.29 is 4.42 Å². The highest BCUT2D eigenvalue weighted by molar-refractivity contribution is 9.10. The van der Waals surface area contributed by atoms with Crippen LogP contribution in [0.5, 0.6) is 0 Å². The van der Waals surface area contributed by atoms with Gasteiger partial charge in [-0.15, -0.1) is 0 Å². The summed E-state index contributed by atoms with van der Waals surface area (Å²) >= 11 is 3.53. The van der Waals surface area contributed by atoms with Gasteiger partial charge >= 0.3 is 0 Å². The number of pyridine rings is 1. The Morgan fingerprint density at radius 2 is 1.76 bits per heavy atom. The zero-order chi connectivity index (χ0) is 14.4. The first-order valence-electron chi connectivity index (χ1n) is 6.77. The molecule has 21 heavy (non-hydrogen) atoms. The third-order valence-electron chi connectivity index (χ3n) is 3.59. The summed E-state index contributed by atoms with van der Waals surface area (Å²) in [4.78, 5) is 4.68. The number of nitrogens with zero attached hydrogens (tertiary/aromatic N) is 1. The molecule has 2 aromatic heterocycles. The van der Waals surface area contributed by atoms with E-state index in [1.165, 1.54) is 0 Å². The van der Waals surface area contributed by atoms with Crippen molar-refractivity contribution in [3.8, 4) is 11.3 Å². The molecule has 0 bridgehead atoms. The molecule has 102 valence electrons. The van der Waals surface area contributed by atoms with E-state index in [4.69, 9.17) is 4.42 Å². The van der Waals surface area contributed by atoms with Crippen LogP contribution in [0.15, 0.2) is 63.5 Å². The average molecular weight is 338 g/mol. The monoisotopic (exact) mass is 337 g/mol. The minimum Gasteiger partial charge on any atom is -0.454 e. The van der Waals surface area contributed by atoms with Crippen molar-refractivity contribution in [1.82, 2.24) is 4.98 Å². The zero-order valence-corrected chi connectivity index (χ0v) is 13.0. The lowest BCUT2D eigenvalue weighted by atomic mass is 10.1. The summed E-state index contributed by atoms with van der Waals surface area (Å²) in [6, 6.07) is 18.3. The molecule has 0 aliphatic carbocycles. The second-order valence-electron chi connectivity index (χ2n) is 5.10. The van der Waals surface area contributed by atoms with Gasteiger partial charge in [-0.3, -0.25) is 0 Å². The SMILES string of the molecule is Cc1cc2c(oc3ccc(Br)cc32)c(-c2ccccc2)n1. The van der Waals surface area contributed by atoms with Crippen molar-refractivity contribution in [2.75, 3.05) is 0 Å². The quantitative estimate of drug-likeness (QED) is 0.444. The number of aryl methyl sites for hydroxylation is 1. The fourth-order valence-electron chi connectivity index (χ4n) is 2.67. The standard InChI is InChI=1S/C18H12BrNO/c1-11-9-15-14-10-13(19)7-8-16(14)21-18(15)17(20-11)12-5-3-2-4-6-12/h2-10H,1H3. The van der Waals surface area contributed by atoms with E-state index in [0.717, 1.165) is 43.4 Å². The number of rotatable bonds is 1. The van der Waals surface area contributed by atoms with Gasteiger partial charge in [0, 0.05) is 26.5 Å². The highest BCUT2D eigenvalue weighted by Gasteiger charge is 2.14. The molecule has 4 rings (SSSR count). The van der Waals surface area contributed by atoms with Gasteiger partial charge in [-0.1, -0.05) is 46.3 Å². The molecule has 2 heterocycles. The maximum Gasteiger partial charge on any atom is 0.161 e. The van der Waals surface area contributed by atoms with E-state index in [-0.39, 0.29) is 0 Å². The Balaban J connectivity index is 2.15. The van der Waals surface area contributed by atoms with Gasteiger partial charge in [-0.05, 0) is 31.2 Å². The van der Waals surface area contributed by atoms with Gasteiger partial charge in [0.05, 0.1) is 0 Å². The highest BCUT2D eigenvalue weighted by Crippen LogP contribution is 2.36. The van der Waals surface area contributed by atoms with E-state index in [1.54, 1.807) is 0 Å². The predicted octanol–water partition coefficient (Wildman–Crippen LogP) is 5.72. The first kappa shape index (κ1) is 12.6. The molecular weight excluding hydrogens is 326 g/mol. The third-order valence-corrected chi connectivity index (χ3v) is 4.09. The van der Waals surface area contributed by atoms with Gasteiger partial charge in [-0.25, -0.2) is 4.98 Å². The second kappa shape index (κ2) is 4.71.